The molecule has 3 rings (SSSR count). The molecule has 116 valence electrons. The van der Waals surface area contributed by atoms with Gasteiger partial charge in [-0.25, -0.2) is 4.98 Å². The van der Waals surface area contributed by atoms with E-state index >= 15 is 0 Å². The Morgan fingerprint density at radius 3 is 2.77 bits per heavy atom. The summed E-state index contributed by atoms with van der Waals surface area (Å²) in [4.78, 5) is 7.00. The lowest BCUT2D eigenvalue weighted by Crippen LogP contribution is -2.24. The Labute approximate surface area is 132 Å². The largest absolute Gasteiger partial charge is 0.475 e. The minimum Gasteiger partial charge on any atom is -0.475 e. The summed E-state index contributed by atoms with van der Waals surface area (Å²) in [5.74, 6) is 0.794. The molecule has 1 fully saturated rings. The van der Waals surface area contributed by atoms with Gasteiger partial charge in [0.2, 0.25) is 5.88 Å². The summed E-state index contributed by atoms with van der Waals surface area (Å²) in [6.07, 6.45) is 4.37. The highest BCUT2D eigenvalue weighted by Crippen LogP contribution is 2.37. The van der Waals surface area contributed by atoms with Crippen LogP contribution in [0.4, 0.5) is 0 Å². The van der Waals surface area contributed by atoms with Crippen molar-refractivity contribution >= 4 is 0 Å². The summed E-state index contributed by atoms with van der Waals surface area (Å²) in [5.41, 5.74) is 2.59. The van der Waals surface area contributed by atoms with Crippen LogP contribution in [0.1, 0.15) is 43.9 Å². The normalized spacial score (nSPS) is 18.8. The molecule has 0 spiro atoms. The molecule has 0 saturated carbocycles. The van der Waals surface area contributed by atoms with E-state index < -0.39 is 0 Å². The van der Waals surface area contributed by atoms with E-state index in [0.29, 0.717) is 6.04 Å². The van der Waals surface area contributed by atoms with Crippen molar-refractivity contribution in [3.8, 4) is 5.88 Å². The van der Waals surface area contributed by atoms with Crippen LogP contribution >= 0.6 is 0 Å². The first-order valence-electron chi connectivity index (χ1n) is 8.13. The summed E-state index contributed by atoms with van der Waals surface area (Å²) >= 11 is 0. The SMILES string of the molecule is CC(C)Oc1ncccc1C1CCCN1Cc1ccccc1. The van der Waals surface area contributed by atoms with Crippen LogP contribution in [0.5, 0.6) is 5.88 Å². The van der Waals surface area contributed by atoms with Gasteiger partial charge < -0.3 is 4.74 Å². The Morgan fingerprint density at radius 2 is 2.00 bits per heavy atom. The monoisotopic (exact) mass is 296 g/mol. The second-order valence-electron chi connectivity index (χ2n) is 6.18. The molecule has 1 aliphatic rings. The van der Waals surface area contributed by atoms with Crippen LogP contribution in [-0.4, -0.2) is 22.5 Å². The van der Waals surface area contributed by atoms with Crippen molar-refractivity contribution in [2.75, 3.05) is 6.54 Å². The van der Waals surface area contributed by atoms with Crippen LogP contribution in [0.15, 0.2) is 48.7 Å². The van der Waals surface area contributed by atoms with Crippen LogP contribution < -0.4 is 4.74 Å². The molecule has 1 unspecified atom stereocenters. The highest BCUT2D eigenvalue weighted by atomic mass is 16.5. The number of benzene rings is 1. The maximum Gasteiger partial charge on any atom is 0.218 e. The quantitative estimate of drug-likeness (QED) is 0.826. The fourth-order valence-corrected chi connectivity index (χ4v) is 3.16. The van der Waals surface area contributed by atoms with Crippen LogP contribution in [0.2, 0.25) is 0 Å². The molecule has 1 aromatic carbocycles. The molecule has 3 nitrogen and oxygen atoms in total. The topological polar surface area (TPSA) is 25.4 Å². The van der Waals surface area contributed by atoms with Crippen molar-refractivity contribution in [2.45, 2.75) is 45.4 Å². The second kappa shape index (κ2) is 6.93. The predicted molar refractivity (Wildman–Crippen MR) is 88.8 cm³/mol. The third-order valence-corrected chi connectivity index (χ3v) is 4.10. The molecule has 0 aliphatic carbocycles. The first-order chi connectivity index (χ1) is 10.7. The Balaban J connectivity index is 1.81. The molecule has 0 bridgehead atoms. The average molecular weight is 296 g/mol. The number of pyridine rings is 1. The number of rotatable bonds is 5. The van der Waals surface area contributed by atoms with Gasteiger partial charge in [-0.05, 0) is 44.9 Å². The van der Waals surface area contributed by atoms with Crippen LogP contribution in [0.25, 0.3) is 0 Å². The standard InChI is InChI=1S/C19H24N2O/c1-15(2)22-19-17(10-6-12-20-19)18-11-7-13-21(18)14-16-8-4-3-5-9-16/h3-6,8-10,12,15,18H,7,11,13-14H2,1-2H3. The molecule has 0 amide bonds. The van der Waals surface area contributed by atoms with E-state index in [1.54, 1.807) is 0 Å². The van der Waals surface area contributed by atoms with Gasteiger partial charge in [-0.2, -0.15) is 0 Å². The van der Waals surface area contributed by atoms with E-state index in [2.05, 4.69) is 60.1 Å². The third kappa shape index (κ3) is 3.47. The Bertz CT molecular complexity index is 597. The van der Waals surface area contributed by atoms with Gasteiger partial charge in [-0.15, -0.1) is 0 Å². The van der Waals surface area contributed by atoms with E-state index in [-0.39, 0.29) is 6.10 Å². The van der Waals surface area contributed by atoms with Gasteiger partial charge in [-0.3, -0.25) is 4.90 Å². The van der Waals surface area contributed by atoms with E-state index in [1.807, 2.05) is 12.3 Å². The second-order valence-corrected chi connectivity index (χ2v) is 6.18. The van der Waals surface area contributed by atoms with Crippen LogP contribution in [0, 0.1) is 0 Å². The molecule has 1 saturated heterocycles. The lowest BCUT2D eigenvalue weighted by Gasteiger charge is -2.26. The molecule has 1 aliphatic heterocycles. The van der Waals surface area contributed by atoms with Crippen LogP contribution in [-0.2, 0) is 6.54 Å². The zero-order valence-corrected chi connectivity index (χ0v) is 13.4. The maximum absolute atomic E-state index is 5.92. The molecule has 0 N–H and O–H groups in total. The minimum atomic E-state index is 0.151. The summed E-state index contributed by atoms with van der Waals surface area (Å²) in [6.45, 7) is 6.22. The lowest BCUT2D eigenvalue weighted by molar-refractivity contribution is 0.209. The van der Waals surface area contributed by atoms with Crippen LogP contribution in [0.3, 0.4) is 0 Å². The Morgan fingerprint density at radius 1 is 1.18 bits per heavy atom. The van der Waals surface area contributed by atoms with Gasteiger partial charge in [0.05, 0.1) is 6.10 Å². The molecule has 0 radical (unpaired) electrons. The number of ether oxygens (including phenoxy) is 1. The zero-order valence-electron chi connectivity index (χ0n) is 13.4. The smallest absolute Gasteiger partial charge is 0.218 e. The molecule has 2 heterocycles. The number of nitrogens with zero attached hydrogens (tertiary/aromatic N) is 2. The summed E-state index contributed by atoms with van der Waals surface area (Å²) in [7, 11) is 0. The molecule has 1 aromatic heterocycles. The zero-order chi connectivity index (χ0) is 15.4. The van der Waals surface area contributed by atoms with Gasteiger partial charge >= 0.3 is 0 Å². The van der Waals surface area contributed by atoms with E-state index in [0.717, 1.165) is 19.0 Å². The lowest BCUT2D eigenvalue weighted by atomic mass is 10.1. The fraction of sp³-hybridized carbons (Fsp3) is 0.421. The van der Waals surface area contributed by atoms with Crippen molar-refractivity contribution in [3.05, 3.63) is 59.8 Å². The highest BCUT2D eigenvalue weighted by Gasteiger charge is 2.28. The number of hydrogen-bond donors (Lipinski definition) is 0. The van der Waals surface area contributed by atoms with Gasteiger partial charge in [0, 0.05) is 24.3 Å². The first kappa shape index (κ1) is 15.0. The van der Waals surface area contributed by atoms with Crippen molar-refractivity contribution in [3.63, 3.8) is 0 Å². The first-order valence-corrected chi connectivity index (χ1v) is 8.13. The van der Waals surface area contributed by atoms with Gasteiger partial charge in [0.1, 0.15) is 0 Å². The van der Waals surface area contributed by atoms with Gasteiger partial charge in [-0.1, -0.05) is 36.4 Å². The Kier molecular flexibility index (Phi) is 4.74. The number of aromatic nitrogens is 1. The van der Waals surface area contributed by atoms with Gasteiger partial charge in [0.15, 0.2) is 0 Å². The van der Waals surface area contributed by atoms with E-state index in [9.17, 15) is 0 Å². The van der Waals surface area contributed by atoms with Gasteiger partial charge in [0.25, 0.3) is 0 Å². The minimum absolute atomic E-state index is 0.151. The third-order valence-electron chi connectivity index (χ3n) is 4.10. The maximum atomic E-state index is 5.92. The summed E-state index contributed by atoms with van der Waals surface area (Å²) < 4.78 is 5.92. The fourth-order valence-electron chi connectivity index (χ4n) is 3.16. The summed E-state index contributed by atoms with van der Waals surface area (Å²) in [5, 5.41) is 0. The molecule has 2 aromatic rings. The molecule has 22 heavy (non-hydrogen) atoms. The van der Waals surface area contributed by atoms with Crippen molar-refractivity contribution in [1.29, 1.82) is 0 Å². The molecule has 3 heteroatoms. The number of likely N-dealkylation sites (tertiary alicyclic amines) is 1. The molecule has 1 atom stereocenters. The Hall–Kier alpha value is -1.87. The average Bonchev–Trinajstić information content (AvgIpc) is 2.96. The summed E-state index contributed by atoms with van der Waals surface area (Å²) in [6, 6.07) is 15.3. The van der Waals surface area contributed by atoms with E-state index in [4.69, 9.17) is 4.74 Å². The van der Waals surface area contributed by atoms with E-state index in [1.165, 1.54) is 24.0 Å². The van der Waals surface area contributed by atoms with Crippen molar-refractivity contribution in [1.82, 2.24) is 9.88 Å². The van der Waals surface area contributed by atoms with Crippen molar-refractivity contribution in [2.24, 2.45) is 0 Å². The molecular formula is C19H24N2O. The highest BCUT2D eigenvalue weighted by molar-refractivity contribution is 5.30. The number of hydrogen-bond acceptors (Lipinski definition) is 3. The molecular weight excluding hydrogens is 272 g/mol. The van der Waals surface area contributed by atoms with Crippen molar-refractivity contribution < 1.29 is 4.74 Å². The predicted octanol–water partition coefficient (Wildman–Crippen LogP) is 4.21.